The van der Waals surface area contributed by atoms with Crippen LogP contribution in [0.5, 0.6) is 5.75 Å². The number of rotatable bonds is 5. The Balaban J connectivity index is 1.62. The molecule has 0 spiro atoms. The van der Waals surface area contributed by atoms with Crippen molar-refractivity contribution >= 4 is 29.2 Å². The van der Waals surface area contributed by atoms with Crippen LogP contribution in [0.1, 0.15) is 19.0 Å². The lowest BCUT2D eigenvalue weighted by atomic mass is 10.1. The van der Waals surface area contributed by atoms with E-state index < -0.39 is 15.7 Å². The Labute approximate surface area is 143 Å². The molecule has 1 aliphatic rings. The van der Waals surface area contributed by atoms with Crippen LogP contribution in [0, 0.1) is 5.41 Å². The standard InChI is InChI=1S/C16H15Cl2NO4/c1-15(9-16(15,17)18)14(20)23-8-11-7-22-13(19-11)10-3-5-12(21-2)6-4-10/h3-7H,8-9H2,1-2H3. The molecule has 1 atom stereocenters. The number of esters is 1. The lowest BCUT2D eigenvalue weighted by Gasteiger charge is -2.10. The molecule has 1 heterocycles. The quantitative estimate of drug-likeness (QED) is 0.599. The number of nitrogens with zero attached hydrogens (tertiary/aromatic N) is 1. The average Bonchev–Trinajstić information content (AvgIpc) is 2.91. The van der Waals surface area contributed by atoms with Gasteiger partial charge in [0.05, 0.1) is 7.11 Å². The van der Waals surface area contributed by atoms with Crippen LogP contribution in [0.15, 0.2) is 34.9 Å². The number of hydrogen-bond acceptors (Lipinski definition) is 5. The van der Waals surface area contributed by atoms with Gasteiger partial charge in [-0.2, -0.15) is 0 Å². The molecule has 0 N–H and O–H groups in total. The molecule has 0 radical (unpaired) electrons. The number of carbonyl (C=O) groups is 1. The molecule has 5 nitrogen and oxygen atoms in total. The Hall–Kier alpha value is -1.72. The fourth-order valence-corrected chi connectivity index (χ4v) is 2.85. The van der Waals surface area contributed by atoms with Gasteiger partial charge < -0.3 is 13.9 Å². The molecule has 3 rings (SSSR count). The number of aromatic nitrogens is 1. The third kappa shape index (κ3) is 3.03. The second-order valence-electron chi connectivity index (χ2n) is 5.66. The first kappa shape index (κ1) is 16.1. The maximum absolute atomic E-state index is 12.0. The Morgan fingerprint density at radius 2 is 2.00 bits per heavy atom. The summed E-state index contributed by atoms with van der Waals surface area (Å²) in [6.07, 6.45) is 1.84. The summed E-state index contributed by atoms with van der Waals surface area (Å²) in [5.41, 5.74) is 0.472. The van der Waals surface area contributed by atoms with Crippen molar-refractivity contribution in [2.24, 2.45) is 5.41 Å². The highest BCUT2D eigenvalue weighted by Gasteiger charge is 2.69. The number of methoxy groups -OCH3 is 1. The molecule has 7 heteroatoms. The summed E-state index contributed by atoms with van der Waals surface area (Å²) in [6.45, 7) is 1.69. The molecule has 2 aromatic rings. The topological polar surface area (TPSA) is 61.6 Å². The van der Waals surface area contributed by atoms with Gasteiger partial charge in [-0.1, -0.05) is 0 Å². The van der Waals surface area contributed by atoms with Crippen molar-refractivity contribution < 1.29 is 18.7 Å². The lowest BCUT2D eigenvalue weighted by Crippen LogP contribution is -2.21. The van der Waals surface area contributed by atoms with Gasteiger partial charge in [-0.25, -0.2) is 4.98 Å². The van der Waals surface area contributed by atoms with Crippen LogP contribution >= 0.6 is 23.2 Å². The predicted molar refractivity (Wildman–Crippen MR) is 85.4 cm³/mol. The summed E-state index contributed by atoms with van der Waals surface area (Å²) in [5.74, 6) is 0.759. The first-order valence-electron chi connectivity index (χ1n) is 7.00. The van der Waals surface area contributed by atoms with Crippen LogP contribution in [0.4, 0.5) is 0 Å². The highest BCUT2D eigenvalue weighted by molar-refractivity contribution is 6.53. The van der Waals surface area contributed by atoms with Crippen molar-refractivity contribution in [1.29, 1.82) is 0 Å². The molecular formula is C16H15Cl2NO4. The molecule has 0 bridgehead atoms. The Kier molecular flexibility index (Phi) is 4.02. The van der Waals surface area contributed by atoms with Crippen molar-refractivity contribution in [3.8, 4) is 17.2 Å². The molecule has 1 fully saturated rings. The second kappa shape index (κ2) is 5.73. The number of halogens is 2. The Morgan fingerprint density at radius 1 is 1.35 bits per heavy atom. The van der Waals surface area contributed by atoms with Crippen LogP contribution in [-0.4, -0.2) is 22.4 Å². The van der Waals surface area contributed by atoms with E-state index in [-0.39, 0.29) is 6.61 Å². The lowest BCUT2D eigenvalue weighted by molar-refractivity contribution is -0.151. The van der Waals surface area contributed by atoms with Crippen LogP contribution < -0.4 is 4.74 Å². The minimum absolute atomic E-state index is 0.0118. The van der Waals surface area contributed by atoms with Gasteiger partial charge in [0.25, 0.3) is 0 Å². The fraction of sp³-hybridized carbons (Fsp3) is 0.375. The highest BCUT2D eigenvalue weighted by atomic mass is 35.5. The van der Waals surface area contributed by atoms with E-state index in [2.05, 4.69) is 4.98 Å². The van der Waals surface area contributed by atoms with E-state index in [0.29, 0.717) is 18.0 Å². The molecule has 1 saturated carbocycles. The maximum Gasteiger partial charge on any atom is 0.315 e. The normalized spacial score (nSPS) is 21.7. The van der Waals surface area contributed by atoms with E-state index in [1.54, 1.807) is 14.0 Å². The molecule has 0 aliphatic heterocycles. The van der Waals surface area contributed by atoms with E-state index >= 15 is 0 Å². The first-order valence-corrected chi connectivity index (χ1v) is 7.75. The smallest absolute Gasteiger partial charge is 0.315 e. The van der Waals surface area contributed by atoms with Gasteiger partial charge in [-0.15, -0.1) is 23.2 Å². The molecule has 1 aromatic carbocycles. The molecule has 23 heavy (non-hydrogen) atoms. The monoisotopic (exact) mass is 355 g/mol. The number of alkyl halides is 2. The van der Waals surface area contributed by atoms with Crippen molar-refractivity contribution in [3.05, 3.63) is 36.2 Å². The van der Waals surface area contributed by atoms with Crippen LogP contribution in [0.3, 0.4) is 0 Å². The molecule has 122 valence electrons. The summed E-state index contributed by atoms with van der Waals surface area (Å²) in [7, 11) is 1.60. The average molecular weight is 356 g/mol. The largest absolute Gasteiger partial charge is 0.497 e. The van der Waals surface area contributed by atoms with Gasteiger partial charge in [0.1, 0.15) is 34.1 Å². The van der Waals surface area contributed by atoms with Crippen LogP contribution in [0.25, 0.3) is 11.5 Å². The predicted octanol–water partition coefficient (Wildman–Crippen LogP) is 3.98. The molecule has 1 aliphatic carbocycles. The summed E-state index contributed by atoms with van der Waals surface area (Å²) >= 11 is 11.9. The van der Waals surface area contributed by atoms with E-state index in [1.807, 2.05) is 24.3 Å². The fourth-order valence-electron chi connectivity index (χ4n) is 2.16. The van der Waals surface area contributed by atoms with E-state index in [0.717, 1.165) is 11.3 Å². The third-order valence-corrected chi connectivity index (χ3v) is 5.05. The van der Waals surface area contributed by atoms with Gasteiger partial charge in [0, 0.05) is 12.0 Å². The van der Waals surface area contributed by atoms with Gasteiger partial charge in [0.2, 0.25) is 5.89 Å². The minimum atomic E-state index is -1.04. The van der Waals surface area contributed by atoms with E-state index in [1.165, 1.54) is 6.26 Å². The zero-order valence-electron chi connectivity index (χ0n) is 12.6. The second-order valence-corrected chi connectivity index (χ2v) is 7.15. The van der Waals surface area contributed by atoms with Crippen molar-refractivity contribution in [1.82, 2.24) is 4.98 Å². The van der Waals surface area contributed by atoms with Crippen LogP contribution in [-0.2, 0) is 16.1 Å². The number of hydrogen-bond donors (Lipinski definition) is 0. The van der Waals surface area contributed by atoms with Crippen molar-refractivity contribution in [3.63, 3.8) is 0 Å². The molecule has 1 aromatic heterocycles. The first-order chi connectivity index (χ1) is 10.9. The van der Waals surface area contributed by atoms with Gasteiger partial charge >= 0.3 is 5.97 Å². The summed E-state index contributed by atoms with van der Waals surface area (Å²) in [5, 5.41) is 0. The zero-order chi connectivity index (χ0) is 16.7. The number of ether oxygens (including phenoxy) is 2. The van der Waals surface area contributed by atoms with E-state index in [9.17, 15) is 4.79 Å². The molecule has 1 unspecified atom stereocenters. The Bertz CT molecular complexity index is 726. The molecule has 0 saturated heterocycles. The SMILES string of the molecule is COc1ccc(-c2nc(COC(=O)C3(C)CC3(Cl)Cl)co2)cc1. The van der Waals surface area contributed by atoms with E-state index in [4.69, 9.17) is 37.1 Å². The number of carbonyl (C=O) groups excluding carboxylic acids is 1. The summed E-state index contributed by atoms with van der Waals surface area (Å²) in [4.78, 5) is 16.3. The van der Waals surface area contributed by atoms with Crippen LogP contribution in [0.2, 0.25) is 0 Å². The maximum atomic E-state index is 12.0. The van der Waals surface area contributed by atoms with Gasteiger partial charge in [-0.05, 0) is 31.2 Å². The zero-order valence-corrected chi connectivity index (χ0v) is 14.1. The molecule has 0 amide bonds. The highest BCUT2D eigenvalue weighted by Crippen LogP contribution is 2.64. The summed E-state index contributed by atoms with van der Waals surface area (Å²) in [6, 6.07) is 7.30. The molecular weight excluding hydrogens is 341 g/mol. The number of oxazole rings is 1. The van der Waals surface area contributed by atoms with Crippen molar-refractivity contribution in [2.75, 3.05) is 7.11 Å². The number of benzene rings is 1. The Morgan fingerprint density at radius 3 is 2.57 bits per heavy atom. The summed E-state index contributed by atoms with van der Waals surface area (Å²) < 4.78 is 14.7. The van der Waals surface area contributed by atoms with Crippen molar-refractivity contribution in [2.45, 2.75) is 24.3 Å². The van der Waals surface area contributed by atoms with Gasteiger partial charge in [-0.3, -0.25) is 4.79 Å². The van der Waals surface area contributed by atoms with Gasteiger partial charge in [0.15, 0.2) is 0 Å². The third-order valence-electron chi connectivity index (χ3n) is 3.95. The minimum Gasteiger partial charge on any atom is -0.497 e.